The van der Waals surface area contributed by atoms with E-state index in [0.717, 1.165) is 37.0 Å². The fourth-order valence-corrected chi connectivity index (χ4v) is 4.61. The van der Waals surface area contributed by atoms with Gasteiger partial charge in [-0.25, -0.2) is 14.8 Å². The van der Waals surface area contributed by atoms with E-state index in [1.807, 2.05) is 36.4 Å². The van der Waals surface area contributed by atoms with Gasteiger partial charge >= 0.3 is 5.97 Å². The number of aromatic nitrogens is 2. The van der Waals surface area contributed by atoms with Gasteiger partial charge in [-0.05, 0) is 68.1 Å². The zero-order valence-corrected chi connectivity index (χ0v) is 25.3. The Bertz CT molecular complexity index is 1110. The Hall–Kier alpha value is -3.25. The van der Waals surface area contributed by atoms with Crippen LogP contribution in [0, 0.1) is 0 Å². The summed E-state index contributed by atoms with van der Waals surface area (Å²) < 4.78 is 17.3. The highest BCUT2D eigenvalue weighted by atomic mass is 16.5. The molecule has 0 saturated heterocycles. The van der Waals surface area contributed by atoms with Crippen molar-refractivity contribution < 1.29 is 19.0 Å². The third-order valence-electron chi connectivity index (χ3n) is 7.08. The Balaban J connectivity index is 1.39. The lowest BCUT2D eigenvalue weighted by Gasteiger charge is -2.13. The van der Waals surface area contributed by atoms with Gasteiger partial charge in [-0.2, -0.15) is 0 Å². The van der Waals surface area contributed by atoms with Gasteiger partial charge in [0.15, 0.2) is 11.6 Å². The smallest absolute Gasteiger partial charge is 0.343 e. The summed E-state index contributed by atoms with van der Waals surface area (Å²) >= 11 is 0. The maximum absolute atomic E-state index is 12.7. The molecule has 0 aliphatic carbocycles. The molecule has 41 heavy (non-hydrogen) atoms. The van der Waals surface area contributed by atoms with Crippen LogP contribution in [0.15, 0.2) is 60.9 Å². The van der Waals surface area contributed by atoms with Gasteiger partial charge in [0.1, 0.15) is 5.75 Å². The summed E-state index contributed by atoms with van der Waals surface area (Å²) in [6, 6.07) is 14.8. The molecule has 1 unspecified atom stereocenters. The molecule has 1 heterocycles. The summed E-state index contributed by atoms with van der Waals surface area (Å²) in [4.78, 5) is 21.5. The second kappa shape index (κ2) is 19.0. The van der Waals surface area contributed by atoms with Crippen LogP contribution in [0.1, 0.15) is 107 Å². The first-order valence-corrected chi connectivity index (χ1v) is 15.6. The lowest BCUT2D eigenvalue weighted by Crippen LogP contribution is -2.13. The van der Waals surface area contributed by atoms with E-state index in [0.29, 0.717) is 29.5 Å². The van der Waals surface area contributed by atoms with Crippen molar-refractivity contribution in [3.8, 4) is 22.9 Å². The zero-order chi connectivity index (χ0) is 29.1. The van der Waals surface area contributed by atoms with E-state index in [1.165, 1.54) is 57.8 Å². The molecule has 222 valence electrons. The summed E-state index contributed by atoms with van der Waals surface area (Å²) in [6.45, 7) is 8.01. The number of ether oxygens (including phenoxy) is 3. The van der Waals surface area contributed by atoms with Gasteiger partial charge < -0.3 is 14.2 Å². The van der Waals surface area contributed by atoms with E-state index in [1.54, 1.807) is 24.5 Å². The minimum absolute atomic E-state index is 0.149. The number of carbonyl (C=O) groups excluding carboxylic acids is 1. The van der Waals surface area contributed by atoms with Crippen LogP contribution in [0.2, 0.25) is 0 Å². The molecule has 0 N–H and O–H groups in total. The van der Waals surface area contributed by atoms with E-state index >= 15 is 0 Å². The maximum Gasteiger partial charge on any atom is 0.343 e. The highest BCUT2D eigenvalue weighted by Gasteiger charge is 2.11. The molecule has 6 nitrogen and oxygen atoms in total. The van der Waals surface area contributed by atoms with Gasteiger partial charge in [0.05, 0.1) is 30.7 Å². The Morgan fingerprint density at radius 1 is 0.707 bits per heavy atom. The molecule has 6 heteroatoms. The van der Waals surface area contributed by atoms with Crippen molar-refractivity contribution in [2.75, 3.05) is 13.2 Å². The van der Waals surface area contributed by atoms with Gasteiger partial charge in [-0.1, -0.05) is 83.8 Å². The molecule has 1 atom stereocenters. The third kappa shape index (κ3) is 12.4. The average molecular weight is 561 g/mol. The number of rotatable bonds is 20. The van der Waals surface area contributed by atoms with Crippen LogP contribution in [-0.4, -0.2) is 35.3 Å². The molecular weight excluding hydrogens is 512 g/mol. The van der Waals surface area contributed by atoms with Crippen molar-refractivity contribution in [3.05, 3.63) is 72.1 Å². The Morgan fingerprint density at radius 3 is 1.95 bits per heavy atom. The van der Waals surface area contributed by atoms with Crippen LogP contribution in [-0.2, 0) is 11.2 Å². The summed E-state index contributed by atoms with van der Waals surface area (Å²) in [5.41, 5.74) is 2.49. The lowest BCUT2D eigenvalue weighted by molar-refractivity contribution is 0.0637. The second-order valence-electron chi connectivity index (χ2n) is 10.8. The summed E-state index contributed by atoms with van der Waals surface area (Å²) in [6.07, 6.45) is 18.1. The molecule has 3 rings (SSSR count). The van der Waals surface area contributed by atoms with Crippen LogP contribution in [0.5, 0.6) is 11.5 Å². The summed E-state index contributed by atoms with van der Waals surface area (Å²) in [5.74, 6) is 1.37. The fraction of sp³-hybridized carbons (Fsp3) is 0.514. The van der Waals surface area contributed by atoms with Crippen LogP contribution < -0.4 is 9.47 Å². The SMILES string of the molecule is CCCCCCCCCCOc1cnc(-c2ccc(OC(=O)c3ccc(CC(C)OCCCCC)cc3)cc2)nc1. The molecule has 0 aliphatic rings. The largest absolute Gasteiger partial charge is 0.490 e. The van der Waals surface area contributed by atoms with E-state index in [-0.39, 0.29) is 12.1 Å². The van der Waals surface area contributed by atoms with Crippen molar-refractivity contribution in [2.24, 2.45) is 0 Å². The molecule has 0 radical (unpaired) electrons. The van der Waals surface area contributed by atoms with Crippen molar-refractivity contribution in [3.63, 3.8) is 0 Å². The second-order valence-corrected chi connectivity index (χ2v) is 10.8. The van der Waals surface area contributed by atoms with Crippen LogP contribution >= 0.6 is 0 Å². The molecule has 0 aliphatic heterocycles. The molecule has 1 aromatic heterocycles. The maximum atomic E-state index is 12.7. The number of esters is 1. The average Bonchev–Trinajstić information content (AvgIpc) is 2.99. The van der Waals surface area contributed by atoms with Gasteiger partial charge in [0.25, 0.3) is 0 Å². The van der Waals surface area contributed by atoms with Crippen molar-refractivity contribution >= 4 is 5.97 Å². The molecular formula is C35H48N2O4. The van der Waals surface area contributed by atoms with E-state index in [2.05, 4.69) is 30.7 Å². The van der Waals surface area contributed by atoms with E-state index in [9.17, 15) is 4.79 Å². The lowest BCUT2D eigenvalue weighted by atomic mass is 10.1. The topological polar surface area (TPSA) is 70.5 Å². The zero-order valence-electron chi connectivity index (χ0n) is 25.3. The van der Waals surface area contributed by atoms with Crippen LogP contribution in [0.25, 0.3) is 11.4 Å². The first-order chi connectivity index (χ1) is 20.1. The molecule has 2 aromatic carbocycles. The van der Waals surface area contributed by atoms with Gasteiger partial charge in [0, 0.05) is 12.2 Å². The molecule has 0 saturated carbocycles. The predicted octanol–water partition coefficient (Wildman–Crippen LogP) is 9.02. The van der Waals surface area contributed by atoms with Crippen molar-refractivity contribution in [1.82, 2.24) is 9.97 Å². The number of carbonyl (C=O) groups is 1. The quantitative estimate of drug-likeness (QED) is 0.0780. The third-order valence-corrected chi connectivity index (χ3v) is 7.08. The van der Waals surface area contributed by atoms with E-state index in [4.69, 9.17) is 14.2 Å². The molecule has 0 spiro atoms. The van der Waals surface area contributed by atoms with Crippen molar-refractivity contribution in [2.45, 2.75) is 104 Å². The van der Waals surface area contributed by atoms with Gasteiger partial charge in [-0.3, -0.25) is 0 Å². The number of unbranched alkanes of at least 4 members (excludes halogenated alkanes) is 9. The first kappa shape index (κ1) is 32.3. The Morgan fingerprint density at radius 2 is 1.29 bits per heavy atom. The highest BCUT2D eigenvalue weighted by Crippen LogP contribution is 2.22. The minimum atomic E-state index is -0.387. The standard InChI is InChI=1S/C35H48N2O4/c1-4-6-8-9-10-11-12-14-24-40-33-26-36-34(37-27-33)30-19-21-32(22-20-30)41-35(38)31-17-15-29(16-18-31)25-28(3)39-23-13-7-5-2/h15-22,26-28H,4-14,23-25H2,1-3H3. The molecule has 0 fully saturated rings. The fourth-order valence-electron chi connectivity index (χ4n) is 4.61. The molecule has 3 aromatic rings. The monoisotopic (exact) mass is 560 g/mol. The van der Waals surface area contributed by atoms with Gasteiger partial charge in [0.2, 0.25) is 0 Å². The number of hydrogen-bond donors (Lipinski definition) is 0. The summed E-state index contributed by atoms with van der Waals surface area (Å²) in [7, 11) is 0. The van der Waals surface area contributed by atoms with E-state index < -0.39 is 0 Å². The molecule has 0 amide bonds. The van der Waals surface area contributed by atoms with Crippen LogP contribution in [0.4, 0.5) is 0 Å². The van der Waals surface area contributed by atoms with Crippen molar-refractivity contribution in [1.29, 1.82) is 0 Å². The first-order valence-electron chi connectivity index (χ1n) is 15.6. The Labute approximate surface area is 246 Å². The van der Waals surface area contributed by atoms with Crippen LogP contribution in [0.3, 0.4) is 0 Å². The van der Waals surface area contributed by atoms with Gasteiger partial charge in [-0.15, -0.1) is 0 Å². The number of hydrogen-bond acceptors (Lipinski definition) is 6. The highest BCUT2D eigenvalue weighted by molar-refractivity contribution is 5.91. The summed E-state index contributed by atoms with van der Waals surface area (Å²) in [5, 5.41) is 0. The Kier molecular flexibility index (Phi) is 14.9. The number of nitrogens with zero attached hydrogens (tertiary/aromatic N) is 2. The predicted molar refractivity (Wildman–Crippen MR) is 166 cm³/mol. The normalized spacial score (nSPS) is 11.8. The number of benzene rings is 2. The molecule has 0 bridgehead atoms. The minimum Gasteiger partial charge on any atom is -0.490 e.